The van der Waals surface area contributed by atoms with Crippen LogP contribution in [0.15, 0.2) is 36.5 Å². The normalized spacial score (nSPS) is 18.5. The Morgan fingerprint density at radius 3 is 2.69 bits per heavy atom. The van der Waals surface area contributed by atoms with Gasteiger partial charge in [-0.3, -0.25) is 4.79 Å². The van der Waals surface area contributed by atoms with Crippen LogP contribution in [0.2, 0.25) is 5.02 Å². The largest absolute Gasteiger partial charge is 0.340 e. The molecule has 1 N–H and O–H groups in total. The van der Waals surface area contributed by atoms with Gasteiger partial charge in [0.25, 0.3) is 5.91 Å². The van der Waals surface area contributed by atoms with Crippen LogP contribution < -0.4 is 5.32 Å². The molecule has 0 aliphatic carbocycles. The van der Waals surface area contributed by atoms with Gasteiger partial charge in [0.2, 0.25) is 0 Å². The van der Waals surface area contributed by atoms with E-state index in [1.165, 1.54) is 11.1 Å². The first-order valence-corrected chi connectivity index (χ1v) is 10.4. The zero-order valence-electron chi connectivity index (χ0n) is 14.6. The fraction of sp³-hybridized carbons (Fsp3) is 0.333. The summed E-state index contributed by atoms with van der Waals surface area (Å²) in [5.41, 5.74) is 2.18. The maximum absolute atomic E-state index is 12.6. The Labute approximate surface area is 158 Å². The van der Waals surface area contributed by atoms with Crippen LogP contribution in [0, 0.1) is 6.92 Å². The second-order valence-electron chi connectivity index (χ2n) is 6.44. The van der Waals surface area contributed by atoms with Gasteiger partial charge in [0.15, 0.2) is 9.84 Å². The molecule has 1 atom stereocenters. The molecule has 3 rings (SSSR count). The Morgan fingerprint density at radius 2 is 2.08 bits per heavy atom. The van der Waals surface area contributed by atoms with E-state index in [4.69, 9.17) is 11.6 Å². The van der Waals surface area contributed by atoms with E-state index in [0.717, 1.165) is 11.3 Å². The number of sulfone groups is 1. The van der Waals surface area contributed by atoms with Gasteiger partial charge in [0.05, 0.1) is 17.1 Å². The molecular weight excluding hydrogens is 374 g/mol. The molecule has 1 aliphatic rings. The van der Waals surface area contributed by atoms with Gasteiger partial charge in [-0.15, -0.1) is 0 Å². The highest BCUT2D eigenvalue weighted by atomic mass is 35.5. The van der Waals surface area contributed by atoms with Gasteiger partial charge < -0.3 is 10.2 Å². The number of anilines is 2. The third-order valence-electron chi connectivity index (χ3n) is 4.62. The molecule has 0 saturated carbocycles. The Bertz CT molecular complexity index is 929. The number of halogens is 1. The predicted molar refractivity (Wildman–Crippen MR) is 103 cm³/mol. The highest BCUT2D eigenvalue weighted by molar-refractivity contribution is 7.91. The Kier molecular flexibility index (Phi) is 5.20. The predicted octanol–water partition coefficient (Wildman–Crippen LogP) is 3.05. The second-order valence-corrected chi connectivity index (χ2v) is 9.08. The number of pyridine rings is 1. The van der Waals surface area contributed by atoms with Crippen LogP contribution in [0.25, 0.3) is 0 Å². The van der Waals surface area contributed by atoms with E-state index < -0.39 is 9.84 Å². The number of nitrogens with zero attached hydrogens (tertiary/aromatic N) is 2. The minimum absolute atomic E-state index is 0.0242. The van der Waals surface area contributed by atoms with Crippen molar-refractivity contribution in [2.45, 2.75) is 19.4 Å². The average molecular weight is 394 g/mol. The fourth-order valence-corrected chi connectivity index (χ4v) is 4.87. The fourth-order valence-electron chi connectivity index (χ4n) is 2.93. The van der Waals surface area contributed by atoms with E-state index in [0.29, 0.717) is 22.8 Å². The van der Waals surface area contributed by atoms with E-state index >= 15 is 0 Å². The maximum atomic E-state index is 12.6. The minimum atomic E-state index is -3.04. The van der Waals surface area contributed by atoms with Gasteiger partial charge in [0, 0.05) is 30.0 Å². The molecular formula is C18H20ClN3O3S. The number of hydrogen-bond acceptors (Lipinski definition) is 5. The van der Waals surface area contributed by atoms with E-state index in [9.17, 15) is 13.2 Å². The third kappa shape index (κ3) is 3.99. The zero-order chi connectivity index (χ0) is 18.9. The molecule has 1 aromatic carbocycles. The standard InChI is InChI=1S/C18H20ClN3O3S/c1-12-15(19)4-3-5-16(12)21-17-7-6-13(10-20-17)18(23)22(2)14-8-9-26(24,25)11-14/h3-7,10,14H,8-9,11H2,1-2H3,(H,20,21). The summed E-state index contributed by atoms with van der Waals surface area (Å²) in [6, 6.07) is 8.68. The molecule has 6 nitrogen and oxygen atoms in total. The van der Waals surface area contributed by atoms with Gasteiger partial charge in [-0.05, 0) is 43.2 Å². The molecule has 1 fully saturated rings. The quantitative estimate of drug-likeness (QED) is 0.863. The summed E-state index contributed by atoms with van der Waals surface area (Å²) < 4.78 is 23.2. The van der Waals surface area contributed by atoms with Gasteiger partial charge in [-0.1, -0.05) is 17.7 Å². The number of nitrogens with one attached hydrogen (secondary N) is 1. The van der Waals surface area contributed by atoms with Gasteiger partial charge >= 0.3 is 0 Å². The summed E-state index contributed by atoms with van der Waals surface area (Å²) >= 11 is 6.11. The summed E-state index contributed by atoms with van der Waals surface area (Å²) in [5.74, 6) is 0.522. The van der Waals surface area contributed by atoms with Crippen LogP contribution in [0.4, 0.5) is 11.5 Å². The number of benzene rings is 1. The highest BCUT2D eigenvalue weighted by Gasteiger charge is 2.33. The molecule has 1 unspecified atom stereocenters. The number of hydrogen-bond donors (Lipinski definition) is 1. The number of aromatic nitrogens is 1. The molecule has 0 spiro atoms. The SMILES string of the molecule is Cc1c(Cl)cccc1Nc1ccc(C(=O)N(C)C2CCS(=O)(=O)C2)cn1. The Morgan fingerprint density at radius 1 is 1.31 bits per heavy atom. The molecule has 26 heavy (non-hydrogen) atoms. The molecule has 0 bridgehead atoms. The topological polar surface area (TPSA) is 79.4 Å². The van der Waals surface area contributed by atoms with Crippen molar-refractivity contribution in [1.82, 2.24) is 9.88 Å². The lowest BCUT2D eigenvalue weighted by Gasteiger charge is -2.23. The van der Waals surface area contributed by atoms with E-state index in [1.807, 2.05) is 25.1 Å². The van der Waals surface area contributed by atoms with Crippen LogP contribution in [0.1, 0.15) is 22.3 Å². The summed E-state index contributed by atoms with van der Waals surface area (Å²) in [5, 5.41) is 3.84. The van der Waals surface area contributed by atoms with Crippen molar-refractivity contribution >= 4 is 38.9 Å². The summed E-state index contributed by atoms with van der Waals surface area (Å²) in [6.45, 7) is 1.91. The van der Waals surface area contributed by atoms with Crippen molar-refractivity contribution in [3.8, 4) is 0 Å². The van der Waals surface area contributed by atoms with Crippen LogP contribution >= 0.6 is 11.6 Å². The number of rotatable bonds is 4. The van der Waals surface area contributed by atoms with Crippen molar-refractivity contribution in [3.63, 3.8) is 0 Å². The van der Waals surface area contributed by atoms with Crippen LogP contribution in [0.3, 0.4) is 0 Å². The molecule has 1 saturated heterocycles. The van der Waals surface area contributed by atoms with Crippen molar-refractivity contribution in [2.75, 3.05) is 23.9 Å². The lowest BCUT2D eigenvalue weighted by molar-refractivity contribution is 0.0747. The van der Waals surface area contributed by atoms with Crippen LogP contribution in [-0.4, -0.2) is 48.8 Å². The summed E-state index contributed by atoms with van der Waals surface area (Å²) in [6.07, 6.45) is 1.97. The monoisotopic (exact) mass is 393 g/mol. The molecule has 138 valence electrons. The smallest absolute Gasteiger partial charge is 0.255 e. The van der Waals surface area contributed by atoms with Gasteiger partial charge in [0.1, 0.15) is 5.82 Å². The summed E-state index contributed by atoms with van der Waals surface area (Å²) in [4.78, 5) is 18.3. The zero-order valence-corrected chi connectivity index (χ0v) is 16.1. The van der Waals surface area contributed by atoms with Gasteiger partial charge in [-0.2, -0.15) is 0 Å². The van der Waals surface area contributed by atoms with Crippen molar-refractivity contribution in [2.24, 2.45) is 0 Å². The van der Waals surface area contributed by atoms with Crippen molar-refractivity contribution < 1.29 is 13.2 Å². The highest BCUT2D eigenvalue weighted by Crippen LogP contribution is 2.25. The van der Waals surface area contributed by atoms with Crippen molar-refractivity contribution in [1.29, 1.82) is 0 Å². The first kappa shape index (κ1) is 18.7. The van der Waals surface area contributed by atoms with E-state index in [2.05, 4.69) is 10.3 Å². The van der Waals surface area contributed by atoms with E-state index in [-0.39, 0.29) is 23.5 Å². The summed E-state index contributed by atoms with van der Waals surface area (Å²) in [7, 11) is -1.40. The van der Waals surface area contributed by atoms with Crippen LogP contribution in [0.5, 0.6) is 0 Å². The lowest BCUT2D eigenvalue weighted by atomic mass is 10.2. The van der Waals surface area contributed by atoms with E-state index in [1.54, 1.807) is 19.2 Å². The van der Waals surface area contributed by atoms with Crippen molar-refractivity contribution in [3.05, 3.63) is 52.7 Å². The molecule has 1 aliphatic heterocycles. The van der Waals surface area contributed by atoms with Crippen LogP contribution in [-0.2, 0) is 9.84 Å². The Balaban J connectivity index is 1.71. The maximum Gasteiger partial charge on any atom is 0.255 e. The first-order valence-electron chi connectivity index (χ1n) is 8.22. The molecule has 8 heteroatoms. The number of carbonyl (C=O) groups is 1. The third-order valence-corrected chi connectivity index (χ3v) is 6.78. The molecule has 0 radical (unpaired) electrons. The minimum Gasteiger partial charge on any atom is -0.340 e. The Hall–Kier alpha value is -2.12. The molecule has 1 amide bonds. The number of carbonyl (C=O) groups excluding carboxylic acids is 1. The molecule has 2 heterocycles. The average Bonchev–Trinajstić information content (AvgIpc) is 2.98. The molecule has 2 aromatic rings. The molecule has 1 aromatic heterocycles. The lowest BCUT2D eigenvalue weighted by Crippen LogP contribution is -2.37. The first-order chi connectivity index (χ1) is 12.3. The second kappa shape index (κ2) is 7.25. The number of amides is 1. The van der Waals surface area contributed by atoms with Gasteiger partial charge in [-0.25, -0.2) is 13.4 Å².